The Morgan fingerprint density at radius 3 is 2.42 bits per heavy atom. The third-order valence-corrected chi connectivity index (χ3v) is 1.48. The Morgan fingerprint density at radius 1 is 1.50 bits per heavy atom. The second kappa shape index (κ2) is 5.11. The van der Waals surface area contributed by atoms with Gasteiger partial charge in [-0.15, -0.1) is 0 Å². The summed E-state index contributed by atoms with van der Waals surface area (Å²) in [6.45, 7) is 2.92. The van der Waals surface area contributed by atoms with Crippen molar-refractivity contribution in [3.05, 3.63) is 0 Å². The molecule has 4 heteroatoms. The molecule has 0 spiro atoms. The largest absolute Gasteiger partial charge is 0.431 e. The van der Waals surface area contributed by atoms with Crippen molar-refractivity contribution in [2.75, 3.05) is 6.61 Å². The van der Waals surface area contributed by atoms with Crippen molar-refractivity contribution < 1.29 is 19.7 Å². The van der Waals surface area contributed by atoms with Gasteiger partial charge in [-0.1, -0.05) is 13.8 Å². The average Bonchev–Trinajstić information content (AvgIpc) is 2.05. The van der Waals surface area contributed by atoms with Gasteiger partial charge in [0, 0.05) is 12.8 Å². The van der Waals surface area contributed by atoms with Crippen LogP contribution in [0.4, 0.5) is 0 Å². The summed E-state index contributed by atoms with van der Waals surface area (Å²) in [6.07, 6.45) is 1.11. The molecule has 0 aliphatic heterocycles. The second-order valence-corrected chi connectivity index (χ2v) is 2.68. The lowest BCUT2D eigenvalue weighted by Crippen LogP contribution is -2.38. The summed E-state index contributed by atoms with van der Waals surface area (Å²) in [7, 11) is 0. The summed E-state index contributed by atoms with van der Waals surface area (Å²) in [4.78, 5) is 10.8. The van der Waals surface area contributed by atoms with Gasteiger partial charge in [-0.2, -0.15) is 0 Å². The second-order valence-electron chi connectivity index (χ2n) is 2.68. The van der Waals surface area contributed by atoms with Crippen molar-refractivity contribution in [3.63, 3.8) is 0 Å². The van der Waals surface area contributed by atoms with Crippen LogP contribution in [-0.2, 0) is 9.53 Å². The molecule has 0 aromatic rings. The van der Waals surface area contributed by atoms with Crippen molar-refractivity contribution >= 4 is 5.97 Å². The van der Waals surface area contributed by atoms with Crippen LogP contribution >= 0.6 is 0 Å². The van der Waals surface area contributed by atoms with E-state index in [2.05, 4.69) is 4.74 Å². The minimum absolute atomic E-state index is 0.200. The topological polar surface area (TPSA) is 66.8 Å². The molecule has 0 rings (SSSR count). The van der Waals surface area contributed by atoms with Gasteiger partial charge in [0.2, 0.25) is 5.79 Å². The first-order valence-electron chi connectivity index (χ1n) is 4.13. The Hall–Kier alpha value is -0.610. The molecule has 0 aromatic carbocycles. The quantitative estimate of drug-likeness (QED) is 0.470. The van der Waals surface area contributed by atoms with Gasteiger partial charge >= 0.3 is 5.97 Å². The fraction of sp³-hybridized carbons (Fsp3) is 0.875. The number of esters is 1. The van der Waals surface area contributed by atoms with Crippen molar-refractivity contribution in [2.45, 2.75) is 38.9 Å². The van der Waals surface area contributed by atoms with E-state index in [0.29, 0.717) is 6.42 Å². The number of aliphatic hydroxyl groups is 2. The number of hydrogen-bond donors (Lipinski definition) is 2. The van der Waals surface area contributed by atoms with E-state index >= 15 is 0 Å². The van der Waals surface area contributed by atoms with Crippen LogP contribution in [0.1, 0.15) is 33.1 Å². The highest BCUT2D eigenvalue weighted by atomic mass is 16.7. The highest BCUT2D eigenvalue weighted by molar-refractivity contribution is 5.69. The number of rotatable bonds is 5. The van der Waals surface area contributed by atoms with E-state index in [9.17, 15) is 9.90 Å². The van der Waals surface area contributed by atoms with Crippen LogP contribution < -0.4 is 0 Å². The van der Waals surface area contributed by atoms with Gasteiger partial charge in [-0.05, 0) is 6.42 Å². The zero-order valence-corrected chi connectivity index (χ0v) is 7.54. The van der Waals surface area contributed by atoms with E-state index < -0.39 is 18.4 Å². The summed E-state index contributed by atoms with van der Waals surface area (Å²) in [6, 6.07) is 0. The van der Waals surface area contributed by atoms with Crippen LogP contribution in [0, 0.1) is 0 Å². The molecule has 0 aliphatic carbocycles. The van der Waals surface area contributed by atoms with E-state index in [1.807, 2.05) is 6.92 Å². The first-order chi connectivity index (χ1) is 5.58. The lowest BCUT2D eigenvalue weighted by atomic mass is 10.1. The van der Waals surface area contributed by atoms with Gasteiger partial charge in [0.25, 0.3) is 0 Å². The van der Waals surface area contributed by atoms with Crippen LogP contribution in [0.3, 0.4) is 0 Å². The zero-order chi connectivity index (χ0) is 9.61. The molecular formula is C8H16O4. The summed E-state index contributed by atoms with van der Waals surface area (Å²) in [5.74, 6) is -2.18. The Balaban J connectivity index is 4.03. The van der Waals surface area contributed by atoms with Gasteiger partial charge in [-0.3, -0.25) is 4.79 Å². The number of carbonyl (C=O) groups is 1. The normalized spacial score (nSPS) is 15.3. The predicted octanol–water partition coefficient (Wildman–Crippen LogP) is 0.421. The number of aliphatic hydroxyl groups excluding tert-OH is 1. The van der Waals surface area contributed by atoms with Crippen molar-refractivity contribution in [1.82, 2.24) is 0 Å². The number of hydrogen-bond acceptors (Lipinski definition) is 4. The first kappa shape index (κ1) is 11.4. The van der Waals surface area contributed by atoms with Gasteiger partial charge < -0.3 is 14.9 Å². The summed E-state index contributed by atoms with van der Waals surface area (Å²) >= 11 is 0. The van der Waals surface area contributed by atoms with Gasteiger partial charge in [0.1, 0.15) is 6.61 Å². The summed E-state index contributed by atoms with van der Waals surface area (Å²) in [5.41, 5.74) is 0. The molecule has 12 heavy (non-hydrogen) atoms. The molecule has 0 aliphatic rings. The third-order valence-electron chi connectivity index (χ3n) is 1.48. The molecule has 4 nitrogen and oxygen atoms in total. The Morgan fingerprint density at radius 2 is 2.08 bits per heavy atom. The summed E-state index contributed by atoms with van der Waals surface area (Å²) < 4.78 is 4.64. The van der Waals surface area contributed by atoms with Crippen LogP contribution in [0.15, 0.2) is 0 Å². The van der Waals surface area contributed by atoms with Gasteiger partial charge in [0.15, 0.2) is 0 Å². The van der Waals surface area contributed by atoms with Gasteiger partial charge in [-0.25, -0.2) is 0 Å². The lowest BCUT2D eigenvalue weighted by molar-refractivity contribution is -0.225. The molecular weight excluding hydrogens is 160 g/mol. The SMILES string of the molecule is CCCC(O)(CO)OC(=O)CC. The van der Waals surface area contributed by atoms with Crippen LogP contribution in [0.25, 0.3) is 0 Å². The smallest absolute Gasteiger partial charge is 0.308 e. The number of ether oxygens (including phenoxy) is 1. The first-order valence-corrected chi connectivity index (χ1v) is 4.13. The maximum absolute atomic E-state index is 10.8. The van der Waals surface area contributed by atoms with Gasteiger partial charge in [0.05, 0.1) is 0 Å². The van der Waals surface area contributed by atoms with E-state index in [0.717, 1.165) is 0 Å². The highest BCUT2D eigenvalue weighted by Crippen LogP contribution is 2.14. The molecule has 0 heterocycles. The molecule has 0 saturated carbocycles. The van der Waals surface area contributed by atoms with E-state index in [1.165, 1.54) is 0 Å². The van der Waals surface area contributed by atoms with E-state index in [1.54, 1.807) is 6.92 Å². The Labute approximate surface area is 72.2 Å². The number of carbonyl (C=O) groups excluding carboxylic acids is 1. The Kier molecular flexibility index (Phi) is 4.85. The Bertz CT molecular complexity index is 146. The predicted molar refractivity (Wildman–Crippen MR) is 43.3 cm³/mol. The maximum atomic E-state index is 10.8. The van der Waals surface area contributed by atoms with Crippen LogP contribution in [0.2, 0.25) is 0 Å². The zero-order valence-electron chi connectivity index (χ0n) is 7.54. The fourth-order valence-electron chi connectivity index (χ4n) is 0.837. The lowest BCUT2D eigenvalue weighted by Gasteiger charge is -2.24. The molecule has 0 bridgehead atoms. The van der Waals surface area contributed by atoms with Crippen LogP contribution in [0.5, 0.6) is 0 Å². The average molecular weight is 176 g/mol. The molecule has 0 amide bonds. The van der Waals surface area contributed by atoms with E-state index in [4.69, 9.17) is 5.11 Å². The van der Waals surface area contributed by atoms with Crippen molar-refractivity contribution in [1.29, 1.82) is 0 Å². The monoisotopic (exact) mass is 176 g/mol. The fourth-order valence-corrected chi connectivity index (χ4v) is 0.837. The molecule has 1 atom stereocenters. The highest BCUT2D eigenvalue weighted by Gasteiger charge is 2.28. The van der Waals surface area contributed by atoms with E-state index in [-0.39, 0.29) is 12.8 Å². The molecule has 0 fully saturated rings. The third kappa shape index (κ3) is 3.69. The minimum Gasteiger partial charge on any atom is -0.431 e. The molecule has 0 aromatic heterocycles. The molecule has 1 unspecified atom stereocenters. The minimum atomic E-state index is -1.68. The van der Waals surface area contributed by atoms with Crippen LogP contribution in [-0.4, -0.2) is 28.6 Å². The standard InChI is InChI=1S/C8H16O4/c1-3-5-8(11,6-9)12-7(10)4-2/h9,11H,3-6H2,1-2H3. The van der Waals surface area contributed by atoms with Crippen molar-refractivity contribution in [3.8, 4) is 0 Å². The molecule has 2 N–H and O–H groups in total. The molecule has 0 saturated heterocycles. The molecule has 0 radical (unpaired) electrons. The summed E-state index contributed by atoms with van der Waals surface area (Å²) in [5, 5.41) is 18.2. The maximum Gasteiger partial charge on any atom is 0.308 e. The van der Waals surface area contributed by atoms with Crippen molar-refractivity contribution in [2.24, 2.45) is 0 Å². The molecule has 72 valence electrons.